The van der Waals surface area contributed by atoms with Crippen LogP contribution < -0.4 is 5.32 Å². The Balaban J connectivity index is 2.03. The first-order valence-electron chi connectivity index (χ1n) is 6.13. The minimum absolute atomic E-state index is 0.0430. The van der Waals surface area contributed by atoms with Crippen LogP contribution in [0.2, 0.25) is 0 Å². The van der Waals surface area contributed by atoms with Crippen LogP contribution in [0.5, 0.6) is 0 Å². The topological polar surface area (TPSA) is 61.9 Å². The predicted octanol–water partition coefficient (Wildman–Crippen LogP) is -0.753. The number of piperazine rings is 1. The lowest BCUT2D eigenvalue weighted by Gasteiger charge is -2.36. The second-order valence-corrected chi connectivity index (χ2v) is 6.44. The lowest BCUT2D eigenvalue weighted by atomic mass is 10.1. The quantitative estimate of drug-likeness (QED) is 0.727. The van der Waals surface area contributed by atoms with Gasteiger partial charge in [-0.05, 0) is 12.8 Å². The Kier molecular flexibility index (Phi) is 4.37. The van der Waals surface area contributed by atoms with Gasteiger partial charge < -0.3 is 10.1 Å². The van der Waals surface area contributed by atoms with Gasteiger partial charge >= 0.3 is 0 Å². The molecule has 0 aromatic heterocycles. The van der Waals surface area contributed by atoms with Crippen molar-refractivity contribution in [1.29, 1.82) is 0 Å². The van der Waals surface area contributed by atoms with Crippen LogP contribution in [0.4, 0.5) is 0 Å². The van der Waals surface area contributed by atoms with Gasteiger partial charge in [-0.25, -0.2) is 0 Å². The Morgan fingerprint density at radius 3 is 2.53 bits per heavy atom. The minimum Gasteiger partial charge on any atom is -0.380 e. The molecule has 2 saturated heterocycles. The third-order valence-electron chi connectivity index (χ3n) is 3.40. The van der Waals surface area contributed by atoms with Crippen molar-refractivity contribution in [2.75, 3.05) is 46.4 Å². The molecule has 17 heavy (non-hydrogen) atoms. The molecule has 2 heterocycles. The highest BCUT2D eigenvalue weighted by atomic mass is 32.2. The molecule has 1 N–H and O–H groups in total. The van der Waals surface area contributed by atoms with Crippen LogP contribution in [0.15, 0.2) is 0 Å². The second kappa shape index (κ2) is 5.62. The summed E-state index contributed by atoms with van der Waals surface area (Å²) in [6, 6.07) is 0. The van der Waals surface area contributed by atoms with E-state index in [0.29, 0.717) is 26.2 Å². The van der Waals surface area contributed by atoms with Gasteiger partial charge in [-0.2, -0.15) is 17.0 Å². The first-order chi connectivity index (χ1) is 8.14. The Labute approximate surface area is 103 Å². The van der Waals surface area contributed by atoms with Crippen LogP contribution in [0.3, 0.4) is 0 Å². The maximum atomic E-state index is 12.4. The van der Waals surface area contributed by atoms with E-state index in [1.165, 1.54) is 0 Å². The number of methoxy groups -OCH3 is 1. The molecule has 0 spiro atoms. The standard InChI is InChI=1S/C10H21N3O3S/c1-16-10-3-2-6-13(9-10)17(14,15)12-7-4-11-5-8-12/h10-11H,2-9H2,1H3. The summed E-state index contributed by atoms with van der Waals surface area (Å²) in [6.07, 6.45) is 1.87. The third-order valence-corrected chi connectivity index (χ3v) is 5.40. The molecule has 0 aliphatic carbocycles. The van der Waals surface area contributed by atoms with Crippen LogP contribution in [0.1, 0.15) is 12.8 Å². The summed E-state index contributed by atoms with van der Waals surface area (Å²) in [5.41, 5.74) is 0. The number of nitrogens with one attached hydrogen (secondary N) is 1. The van der Waals surface area contributed by atoms with Gasteiger partial charge in [0.1, 0.15) is 0 Å². The predicted molar refractivity (Wildman–Crippen MR) is 65.0 cm³/mol. The van der Waals surface area contributed by atoms with E-state index in [0.717, 1.165) is 25.9 Å². The van der Waals surface area contributed by atoms with E-state index in [2.05, 4.69) is 5.32 Å². The van der Waals surface area contributed by atoms with Crippen molar-refractivity contribution in [3.8, 4) is 0 Å². The van der Waals surface area contributed by atoms with E-state index in [-0.39, 0.29) is 6.10 Å². The van der Waals surface area contributed by atoms with Crippen LogP contribution in [0.25, 0.3) is 0 Å². The molecule has 2 fully saturated rings. The normalized spacial score (nSPS) is 29.4. The Morgan fingerprint density at radius 1 is 1.18 bits per heavy atom. The smallest absolute Gasteiger partial charge is 0.282 e. The van der Waals surface area contributed by atoms with Gasteiger partial charge in [0.25, 0.3) is 10.2 Å². The highest BCUT2D eigenvalue weighted by Crippen LogP contribution is 2.18. The third kappa shape index (κ3) is 2.97. The van der Waals surface area contributed by atoms with Crippen molar-refractivity contribution >= 4 is 10.2 Å². The first kappa shape index (κ1) is 13.2. The summed E-state index contributed by atoms with van der Waals surface area (Å²) in [6.45, 7) is 3.71. The van der Waals surface area contributed by atoms with Crippen molar-refractivity contribution in [2.24, 2.45) is 0 Å². The second-order valence-electron chi connectivity index (χ2n) is 4.51. The summed E-state index contributed by atoms with van der Waals surface area (Å²) in [5, 5.41) is 3.16. The average Bonchev–Trinajstić information content (AvgIpc) is 2.40. The molecule has 0 saturated carbocycles. The van der Waals surface area contributed by atoms with E-state index in [9.17, 15) is 8.42 Å². The summed E-state index contributed by atoms with van der Waals surface area (Å²) in [7, 11) is -1.64. The molecule has 0 radical (unpaired) electrons. The number of piperidine rings is 1. The van der Waals surface area contributed by atoms with Crippen LogP contribution in [0, 0.1) is 0 Å². The largest absolute Gasteiger partial charge is 0.380 e. The van der Waals surface area contributed by atoms with Gasteiger partial charge in [0.2, 0.25) is 0 Å². The fraction of sp³-hybridized carbons (Fsp3) is 1.00. The molecule has 0 amide bonds. The van der Waals surface area contributed by atoms with Crippen molar-refractivity contribution in [3.63, 3.8) is 0 Å². The summed E-state index contributed by atoms with van der Waals surface area (Å²) < 4.78 is 33.1. The van der Waals surface area contributed by atoms with Gasteiger partial charge in [0.05, 0.1) is 6.10 Å². The minimum atomic E-state index is -3.28. The number of hydrogen-bond donors (Lipinski definition) is 1. The van der Waals surface area contributed by atoms with Crippen molar-refractivity contribution in [3.05, 3.63) is 0 Å². The van der Waals surface area contributed by atoms with Gasteiger partial charge in [0.15, 0.2) is 0 Å². The molecule has 100 valence electrons. The summed E-state index contributed by atoms with van der Waals surface area (Å²) in [4.78, 5) is 0. The zero-order valence-electron chi connectivity index (χ0n) is 10.3. The number of nitrogens with zero attached hydrogens (tertiary/aromatic N) is 2. The Hall–Kier alpha value is -0.210. The van der Waals surface area contributed by atoms with Crippen LogP contribution >= 0.6 is 0 Å². The number of rotatable bonds is 3. The molecule has 2 aliphatic rings. The molecule has 1 unspecified atom stereocenters. The molecule has 6 nitrogen and oxygen atoms in total. The highest BCUT2D eigenvalue weighted by molar-refractivity contribution is 7.86. The van der Waals surface area contributed by atoms with E-state index >= 15 is 0 Å². The maximum absolute atomic E-state index is 12.4. The van der Waals surface area contributed by atoms with Crippen molar-refractivity contribution in [1.82, 2.24) is 13.9 Å². The average molecular weight is 263 g/mol. The molecule has 0 aromatic carbocycles. The molecule has 0 bridgehead atoms. The fourth-order valence-electron chi connectivity index (χ4n) is 2.35. The van der Waals surface area contributed by atoms with Crippen molar-refractivity contribution < 1.29 is 13.2 Å². The van der Waals surface area contributed by atoms with Crippen LogP contribution in [-0.2, 0) is 14.9 Å². The van der Waals surface area contributed by atoms with E-state index in [1.54, 1.807) is 15.7 Å². The molecular formula is C10H21N3O3S. The first-order valence-corrected chi connectivity index (χ1v) is 7.53. The maximum Gasteiger partial charge on any atom is 0.282 e. The lowest BCUT2D eigenvalue weighted by Crippen LogP contribution is -2.54. The van der Waals surface area contributed by atoms with Crippen molar-refractivity contribution in [2.45, 2.75) is 18.9 Å². The van der Waals surface area contributed by atoms with Crippen LogP contribution in [-0.4, -0.2) is 69.5 Å². The Bertz CT molecular complexity index is 341. The SMILES string of the molecule is COC1CCCN(S(=O)(=O)N2CCNCC2)C1. The molecule has 2 aliphatic heterocycles. The molecule has 0 aromatic rings. The molecular weight excluding hydrogens is 242 g/mol. The zero-order chi connectivity index (χ0) is 12.3. The molecule has 7 heteroatoms. The number of hydrogen-bond acceptors (Lipinski definition) is 4. The van der Waals surface area contributed by atoms with Gasteiger partial charge in [-0.15, -0.1) is 0 Å². The zero-order valence-corrected chi connectivity index (χ0v) is 11.1. The van der Waals surface area contributed by atoms with E-state index in [4.69, 9.17) is 4.74 Å². The number of ether oxygens (including phenoxy) is 1. The summed E-state index contributed by atoms with van der Waals surface area (Å²) in [5.74, 6) is 0. The lowest BCUT2D eigenvalue weighted by molar-refractivity contribution is 0.0551. The summed E-state index contributed by atoms with van der Waals surface area (Å²) >= 11 is 0. The molecule has 1 atom stereocenters. The van der Waals surface area contributed by atoms with Gasteiger partial charge in [-0.1, -0.05) is 0 Å². The van der Waals surface area contributed by atoms with E-state index < -0.39 is 10.2 Å². The molecule has 2 rings (SSSR count). The fourth-order valence-corrected chi connectivity index (χ4v) is 4.03. The van der Waals surface area contributed by atoms with Gasteiger partial charge in [0, 0.05) is 46.4 Å². The van der Waals surface area contributed by atoms with Gasteiger partial charge in [-0.3, -0.25) is 0 Å². The highest BCUT2D eigenvalue weighted by Gasteiger charge is 2.34. The van der Waals surface area contributed by atoms with E-state index in [1.807, 2.05) is 0 Å². The monoisotopic (exact) mass is 263 g/mol. The Morgan fingerprint density at radius 2 is 1.88 bits per heavy atom.